The number of carbonyl (C=O) groups excluding carboxylic acids is 1. The Morgan fingerprint density at radius 2 is 1.79 bits per heavy atom. The van der Waals surface area contributed by atoms with Gasteiger partial charge in [0.1, 0.15) is 5.15 Å². The van der Waals surface area contributed by atoms with Crippen LogP contribution in [-0.4, -0.2) is 53.7 Å². The van der Waals surface area contributed by atoms with E-state index in [-0.39, 0.29) is 12.7 Å². The maximum absolute atomic E-state index is 13.1. The lowest BCUT2D eigenvalue weighted by atomic mass is 10.1. The summed E-state index contributed by atoms with van der Waals surface area (Å²) in [6.07, 6.45) is 0. The Balaban J connectivity index is 1.27. The van der Waals surface area contributed by atoms with Crippen molar-refractivity contribution < 1.29 is 14.3 Å². The van der Waals surface area contributed by atoms with Crippen molar-refractivity contribution in [3.8, 4) is 11.5 Å². The standard InChI is InChI=1S/C22H20ClN3O3/c23-21-12-17(16-3-1-2-4-18(16)24-21)22(27)26-9-7-25(8-10-26)13-15-5-6-19-20(11-15)29-14-28-19/h1-6,11-12H,7-10,13-14H2. The molecule has 0 aliphatic carbocycles. The predicted octanol–water partition coefficient (Wildman–Crippen LogP) is 3.57. The molecule has 0 radical (unpaired) electrons. The van der Waals surface area contributed by atoms with E-state index in [0.29, 0.717) is 23.8 Å². The zero-order valence-corrected chi connectivity index (χ0v) is 16.6. The monoisotopic (exact) mass is 409 g/mol. The number of hydrogen-bond donors (Lipinski definition) is 0. The second-order valence-electron chi connectivity index (χ2n) is 7.27. The van der Waals surface area contributed by atoms with Crippen molar-refractivity contribution >= 4 is 28.4 Å². The largest absolute Gasteiger partial charge is 0.454 e. The van der Waals surface area contributed by atoms with Gasteiger partial charge in [0.25, 0.3) is 5.91 Å². The number of carbonyl (C=O) groups is 1. The lowest BCUT2D eigenvalue weighted by Crippen LogP contribution is -2.48. The summed E-state index contributed by atoms with van der Waals surface area (Å²) in [5.74, 6) is 1.61. The number of fused-ring (bicyclic) bond motifs is 2. The molecular formula is C22H20ClN3O3. The van der Waals surface area contributed by atoms with Crippen LogP contribution in [0.1, 0.15) is 15.9 Å². The number of rotatable bonds is 3. The molecule has 1 fully saturated rings. The molecule has 2 aliphatic rings. The lowest BCUT2D eigenvalue weighted by Gasteiger charge is -2.35. The Bertz CT molecular complexity index is 1080. The first-order valence-corrected chi connectivity index (χ1v) is 10.0. The van der Waals surface area contributed by atoms with Gasteiger partial charge >= 0.3 is 0 Å². The Labute approximate surface area is 173 Å². The zero-order valence-electron chi connectivity index (χ0n) is 15.8. The molecule has 6 nitrogen and oxygen atoms in total. The van der Waals surface area contributed by atoms with Crippen LogP contribution in [0, 0.1) is 0 Å². The Morgan fingerprint density at radius 3 is 2.66 bits per heavy atom. The van der Waals surface area contributed by atoms with Gasteiger partial charge in [-0.25, -0.2) is 4.98 Å². The minimum atomic E-state index is 0.00762. The second kappa shape index (κ2) is 7.54. The van der Waals surface area contributed by atoms with Gasteiger partial charge in [0.05, 0.1) is 11.1 Å². The highest BCUT2D eigenvalue weighted by Crippen LogP contribution is 2.33. The summed E-state index contributed by atoms with van der Waals surface area (Å²) in [6, 6.07) is 15.3. The van der Waals surface area contributed by atoms with Crippen LogP contribution in [0.4, 0.5) is 0 Å². The highest BCUT2D eigenvalue weighted by molar-refractivity contribution is 6.30. The molecule has 5 rings (SSSR count). The summed E-state index contributed by atoms with van der Waals surface area (Å²) in [5.41, 5.74) is 2.54. The number of amides is 1. The first kappa shape index (κ1) is 18.2. The number of nitrogens with zero attached hydrogens (tertiary/aromatic N) is 3. The van der Waals surface area contributed by atoms with E-state index in [2.05, 4.69) is 16.0 Å². The summed E-state index contributed by atoms with van der Waals surface area (Å²) >= 11 is 6.15. The van der Waals surface area contributed by atoms with E-state index < -0.39 is 0 Å². The van der Waals surface area contributed by atoms with E-state index in [1.165, 1.54) is 5.56 Å². The fourth-order valence-electron chi connectivity index (χ4n) is 3.90. The van der Waals surface area contributed by atoms with Gasteiger partial charge in [-0.2, -0.15) is 0 Å². The van der Waals surface area contributed by atoms with Crippen molar-refractivity contribution in [3.63, 3.8) is 0 Å². The molecule has 3 heterocycles. The van der Waals surface area contributed by atoms with E-state index in [1.807, 2.05) is 41.3 Å². The lowest BCUT2D eigenvalue weighted by molar-refractivity contribution is 0.0630. The van der Waals surface area contributed by atoms with Crippen LogP contribution >= 0.6 is 11.6 Å². The van der Waals surface area contributed by atoms with Gasteiger partial charge in [-0.05, 0) is 29.8 Å². The van der Waals surface area contributed by atoms with Crippen LogP contribution in [0.3, 0.4) is 0 Å². The van der Waals surface area contributed by atoms with Gasteiger partial charge in [0, 0.05) is 38.1 Å². The molecule has 0 N–H and O–H groups in total. The normalized spacial score (nSPS) is 16.4. The van der Waals surface area contributed by atoms with Gasteiger partial charge in [0.2, 0.25) is 6.79 Å². The molecule has 7 heteroatoms. The number of piperazine rings is 1. The quantitative estimate of drug-likeness (QED) is 0.619. The first-order chi connectivity index (χ1) is 14.2. The molecule has 1 saturated heterocycles. The fraction of sp³-hybridized carbons (Fsp3) is 0.273. The van der Waals surface area contributed by atoms with Crippen LogP contribution < -0.4 is 9.47 Å². The van der Waals surface area contributed by atoms with Gasteiger partial charge in [-0.3, -0.25) is 9.69 Å². The van der Waals surface area contributed by atoms with Crippen molar-refractivity contribution in [2.75, 3.05) is 33.0 Å². The van der Waals surface area contributed by atoms with E-state index in [1.54, 1.807) is 6.07 Å². The Kier molecular flexibility index (Phi) is 4.73. The summed E-state index contributed by atoms with van der Waals surface area (Å²) in [4.78, 5) is 21.7. The van der Waals surface area contributed by atoms with Gasteiger partial charge in [-0.15, -0.1) is 0 Å². The summed E-state index contributed by atoms with van der Waals surface area (Å²) in [5, 5.41) is 1.18. The maximum Gasteiger partial charge on any atom is 0.254 e. The molecule has 0 spiro atoms. The fourth-order valence-corrected chi connectivity index (χ4v) is 4.10. The molecule has 0 saturated carbocycles. The van der Waals surface area contributed by atoms with E-state index in [4.69, 9.17) is 21.1 Å². The number of hydrogen-bond acceptors (Lipinski definition) is 5. The highest BCUT2D eigenvalue weighted by atomic mass is 35.5. The zero-order chi connectivity index (χ0) is 19.8. The summed E-state index contributed by atoms with van der Waals surface area (Å²) in [7, 11) is 0. The van der Waals surface area contributed by atoms with Crippen molar-refractivity contribution in [1.82, 2.24) is 14.8 Å². The Hall–Kier alpha value is -2.83. The highest BCUT2D eigenvalue weighted by Gasteiger charge is 2.24. The number of ether oxygens (including phenoxy) is 2. The van der Waals surface area contributed by atoms with E-state index in [9.17, 15) is 4.79 Å². The van der Waals surface area contributed by atoms with Crippen LogP contribution in [-0.2, 0) is 6.54 Å². The van der Waals surface area contributed by atoms with Gasteiger partial charge in [0.15, 0.2) is 11.5 Å². The number of para-hydroxylation sites is 1. The average Bonchev–Trinajstić information content (AvgIpc) is 3.21. The van der Waals surface area contributed by atoms with Crippen molar-refractivity contribution in [2.24, 2.45) is 0 Å². The molecule has 1 aromatic heterocycles. The van der Waals surface area contributed by atoms with Crippen molar-refractivity contribution in [3.05, 3.63) is 64.8 Å². The first-order valence-electron chi connectivity index (χ1n) is 9.63. The molecule has 0 unspecified atom stereocenters. The molecule has 0 atom stereocenters. The van der Waals surface area contributed by atoms with Gasteiger partial charge < -0.3 is 14.4 Å². The van der Waals surface area contributed by atoms with Crippen LogP contribution in [0.15, 0.2) is 48.5 Å². The predicted molar refractivity (Wildman–Crippen MR) is 110 cm³/mol. The van der Waals surface area contributed by atoms with E-state index in [0.717, 1.165) is 42.0 Å². The SMILES string of the molecule is O=C(c1cc(Cl)nc2ccccc12)N1CCN(Cc2ccc3c(c2)OCO3)CC1. The smallest absolute Gasteiger partial charge is 0.254 e. The molecule has 29 heavy (non-hydrogen) atoms. The minimum absolute atomic E-state index is 0.00762. The Morgan fingerprint density at radius 1 is 1.00 bits per heavy atom. The molecular weight excluding hydrogens is 390 g/mol. The molecule has 2 aliphatic heterocycles. The van der Waals surface area contributed by atoms with Crippen LogP contribution in [0.2, 0.25) is 5.15 Å². The third-order valence-corrected chi connectivity index (χ3v) is 5.61. The average molecular weight is 410 g/mol. The maximum atomic E-state index is 13.1. The third kappa shape index (κ3) is 3.61. The third-order valence-electron chi connectivity index (χ3n) is 5.42. The number of halogens is 1. The van der Waals surface area contributed by atoms with Gasteiger partial charge in [-0.1, -0.05) is 35.9 Å². The molecule has 0 bridgehead atoms. The van der Waals surface area contributed by atoms with Crippen LogP contribution in [0.5, 0.6) is 11.5 Å². The molecule has 148 valence electrons. The van der Waals surface area contributed by atoms with Crippen molar-refractivity contribution in [1.29, 1.82) is 0 Å². The van der Waals surface area contributed by atoms with Crippen LogP contribution in [0.25, 0.3) is 10.9 Å². The summed E-state index contributed by atoms with van der Waals surface area (Å²) < 4.78 is 10.8. The second-order valence-corrected chi connectivity index (χ2v) is 7.65. The summed E-state index contributed by atoms with van der Waals surface area (Å²) in [6.45, 7) is 4.10. The minimum Gasteiger partial charge on any atom is -0.454 e. The molecule has 3 aromatic rings. The van der Waals surface area contributed by atoms with E-state index >= 15 is 0 Å². The molecule has 2 aromatic carbocycles. The number of benzene rings is 2. The number of aromatic nitrogens is 1. The van der Waals surface area contributed by atoms with Crippen molar-refractivity contribution in [2.45, 2.75) is 6.54 Å². The number of pyridine rings is 1. The topological polar surface area (TPSA) is 54.9 Å². The molecule has 1 amide bonds.